The number of fused-ring (bicyclic) bond motifs is 4. The molecule has 4 aliphatic heterocycles. The van der Waals surface area contributed by atoms with E-state index in [1.165, 1.54) is 6.39 Å². The molecule has 726 valence electrons. The molecule has 0 atom stereocenters. The molecule has 4 N–H and O–H groups in total. The lowest BCUT2D eigenvalue weighted by molar-refractivity contribution is 0.122. The summed E-state index contributed by atoms with van der Waals surface area (Å²) in [5.74, 6) is 8.60. The van der Waals surface area contributed by atoms with Crippen molar-refractivity contribution in [2.24, 2.45) is 0 Å². The summed E-state index contributed by atoms with van der Waals surface area (Å²) in [5, 5.41) is 29.4. The van der Waals surface area contributed by atoms with Gasteiger partial charge in [0, 0.05) is 205 Å². The third-order valence-corrected chi connectivity index (χ3v) is 25.7. The molecule has 4 aromatic carbocycles. The van der Waals surface area contributed by atoms with Gasteiger partial charge in [-0.15, -0.1) is 20.4 Å². The number of aromatic nitrogens is 19. The Balaban J connectivity index is 0.000000118. The Bertz CT molecular complexity index is 6250. The number of hydrogen-bond donors (Lipinski definition) is 4. The van der Waals surface area contributed by atoms with E-state index in [0.717, 1.165) is 309 Å². The fraction of sp³-hybridized carbons (Fsp3) is 0.465. The number of anilines is 8. The summed E-state index contributed by atoms with van der Waals surface area (Å²) in [6.07, 6.45) is 39.7. The minimum absolute atomic E-state index is 0.107. The molecular weight excluding hydrogens is 1780 g/mol. The van der Waals surface area contributed by atoms with E-state index in [4.69, 9.17) is 60.9 Å². The Kier molecular flexibility index (Phi) is 30.9. The molecular formula is C99H117N27O13. The average molecular weight is 1890 g/mol. The minimum Gasteiger partial charge on any atom is -0.488 e. The van der Waals surface area contributed by atoms with Crippen molar-refractivity contribution >= 4 is 90.4 Å². The molecule has 0 spiro atoms. The Labute approximate surface area is 804 Å². The van der Waals surface area contributed by atoms with Crippen LogP contribution >= 0.6 is 0 Å². The van der Waals surface area contributed by atoms with E-state index in [-0.39, 0.29) is 36.5 Å². The number of nitrogens with zero attached hydrogens (tertiary/aromatic N) is 23. The van der Waals surface area contributed by atoms with E-state index in [2.05, 4.69) is 185 Å². The van der Waals surface area contributed by atoms with Gasteiger partial charge in [0.15, 0.2) is 5.75 Å². The number of nitrogens with one attached hydrogen (secondary N) is 4. The van der Waals surface area contributed by atoms with Crippen LogP contribution in [0.3, 0.4) is 0 Å². The first-order valence-electron chi connectivity index (χ1n) is 48.2. The van der Waals surface area contributed by atoms with Gasteiger partial charge in [0.05, 0.1) is 143 Å². The van der Waals surface area contributed by atoms with E-state index >= 15 is 0 Å². The Morgan fingerprint density at radius 3 is 1.06 bits per heavy atom. The van der Waals surface area contributed by atoms with Crippen molar-refractivity contribution in [3.05, 3.63) is 160 Å². The SMILES string of the molecule is CC(C)Oc1cnc(NC2CCC(Oc3cc(N4CCOCC4)cc4nccnc34)CC2)nc1.COc1cc(NC2CCC(Oc3cc(N4CCOCC4)cc4nccnc34)CC2)nc(OC)n1.Cc1nnc(-c2ccc(NC3CCC(Oc4cc(N5CCOCC5)cc5nccnc45)CC3)nc2)o1.c1cnc2c(OC3CCC(Nc4ncc(-c5nnco5)cn4)CC3)cc(N3CCOCC3)cc2n1. The largest absolute Gasteiger partial charge is 0.488 e. The Morgan fingerprint density at radius 1 is 0.353 bits per heavy atom. The topological polar surface area (TPSA) is 434 Å². The summed E-state index contributed by atoms with van der Waals surface area (Å²) < 4.78 is 74.8. The van der Waals surface area contributed by atoms with Crippen molar-refractivity contribution in [3.8, 4) is 63.5 Å². The highest BCUT2D eigenvalue weighted by Crippen LogP contribution is 2.40. The van der Waals surface area contributed by atoms with Crippen LogP contribution in [0.25, 0.3) is 67.0 Å². The standard InChI is InChI=1S/C26H29N7O3.C25H32N6O3.C24H26N8O3.C24H30N6O4/c1-17-31-32-26(35-17)18-2-7-24(29-16-18)30-19-3-5-21(6-4-19)36-23-15-20(33-10-12-34-13-11-33)14-22-25(23)28-9-8-27-22;1-17(2)33-21-15-28-25(29-16-21)30-18-3-5-20(6-4-18)34-23-14-19(31-9-11-32-12-10-31)13-22-24(23)27-8-7-26-22;1-3-19(4-2-17(1)30-24-27-13-16(14-28-24)23-31-29-15-34-23)35-21-12-18(32-7-9-33-10-8-32)11-20-22(21)26-6-5-25-20;1-31-22-15-21(28-24(29-22)32-2)27-16-3-5-18(6-4-16)34-20-14-17(30-9-11-33-12-10-30)13-19-23(20)26-8-7-25-19/h2,7-9,14-16,19,21H,3-6,10-13H2,1H3,(H,29,30);7-8,13-18,20H,3-6,9-12H2,1-2H3,(H,28,29,30);5-6,11-15,17,19H,1-4,7-10H2,(H,27,28,30);7-8,13-16,18H,3-6,9-12H2,1-2H3,(H,27,28,29). The molecule has 4 saturated heterocycles. The smallest absolute Gasteiger partial charge is 0.321 e. The predicted molar refractivity (Wildman–Crippen MR) is 522 cm³/mol. The molecule has 4 saturated carbocycles. The van der Waals surface area contributed by atoms with Crippen molar-refractivity contribution in [1.29, 1.82) is 0 Å². The van der Waals surface area contributed by atoms with Crippen LogP contribution in [0.15, 0.2) is 163 Å². The molecule has 22 rings (SSSR count). The second-order valence-corrected chi connectivity index (χ2v) is 35.6. The van der Waals surface area contributed by atoms with E-state index in [1.54, 1.807) is 108 Å². The first-order chi connectivity index (χ1) is 68.4. The highest BCUT2D eigenvalue weighted by molar-refractivity contribution is 5.88. The van der Waals surface area contributed by atoms with Crippen LogP contribution in [0.4, 0.5) is 46.3 Å². The Morgan fingerprint density at radius 2 is 0.719 bits per heavy atom. The van der Waals surface area contributed by atoms with Gasteiger partial charge < -0.3 is 102 Å². The monoisotopic (exact) mass is 1890 g/mol. The number of rotatable bonds is 26. The number of methoxy groups -OCH3 is 2. The van der Waals surface area contributed by atoms with Gasteiger partial charge in [-0.1, -0.05) is 0 Å². The van der Waals surface area contributed by atoms with E-state index in [0.29, 0.717) is 76.7 Å². The van der Waals surface area contributed by atoms with E-state index < -0.39 is 0 Å². The van der Waals surface area contributed by atoms with Gasteiger partial charge in [-0.05, 0) is 153 Å². The Hall–Kier alpha value is -14.3. The molecule has 0 unspecified atom stereocenters. The molecule has 8 fully saturated rings. The maximum Gasteiger partial charge on any atom is 0.321 e. The molecule has 14 heterocycles. The predicted octanol–water partition coefficient (Wildman–Crippen LogP) is 14.1. The minimum atomic E-state index is 0.107. The van der Waals surface area contributed by atoms with Crippen LogP contribution in [-0.4, -0.2) is 269 Å². The zero-order valence-electron chi connectivity index (χ0n) is 78.9. The summed E-state index contributed by atoms with van der Waals surface area (Å²) in [7, 11) is 3.12. The average Bonchev–Trinajstić information content (AvgIpc) is 1.62. The zero-order valence-corrected chi connectivity index (χ0v) is 78.9. The lowest BCUT2D eigenvalue weighted by atomic mass is 9.93. The van der Waals surface area contributed by atoms with Crippen LogP contribution in [0.2, 0.25) is 0 Å². The van der Waals surface area contributed by atoms with Gasteiger partial charge in [-0.25, -0.2) is 44.9 Å². The highest BCUT2D eigenvalue weighted by Gasteiger charge is 2.32. The van der Waals surface area contributed by atoms with Crippen LogP contribution < -0.4 is 74.0 Å². The van der Waals surface area contributed by atoms with Crippen molar-refractivity contribution in [2.75, 3.05) is 160 Å². The highest BCUT2D eigenvalue weighted by atomic mass is 16.5. The maximum absolute atomic E-state index is 6.54. The van der Waals surface area contributed by atoms with Gasteiger partial charge in [0.1, 0.15) is 56.7 Å². The number of ether oxygens (including phenoxy) is 11. The third kappa shape index (κ3) is 24.8. The van der Waals surface area contributed by atoms with E-state index in [9.17, 15) is 0 Å². The summed E-state index contributed by atoms with van der Waals surface area (Å²) in [4.78, 5) is 76.3. The van der Waals surface area contributed by atoms with Gasteiger partial charge in [-0.3, -0.25) is 19.9 Å². The summed E-state index contributed by atoms with van der Waals surface area (Å²) in [6, 6.07) is 24.0. The first kappa shape index (κ1) is 93.8. The van der Waals surface area contributed by atoms with Gasteiger partial charge in [0.2, 0.25) is 36.0 Å². The quantitative estimate of drug-likeness (QED) is 0.0391. The van der Waals surface area contributed by atoms with E-state index in [1.807, 2.05) is 26.0 Å². The maximum atomic E-state index is 6.54. The zero-order chi connectivity index (χ0) is 94.4. The molecule has 10 aromatic heterocycles. The number of aryl methyl sites for hydroxylation is 1. The molecule has 8 aliphatic rings. The number of morpholine rings is 4. The second-order valence-electron chi connectivity index (χ2n) is 35.6. The normalized spacial score (nSPS) is 20.7. The fourth-order valence-corrected chi connectivity index (χ4v) is 18.5. The summed E-state index contributed by atoms with van der Waals surface area (Å²) in [5.41, 5.74) is 12.6. The molecule has 0 radical (unpaired) electrons. The first-order valence-corrected chi connectivity index (χ1v) is 48.2. The van der Waals surface area contributed by atoms with Gasteiger partial charge in [-0.2, -0.15) is 9.97 Å². The van der Waals surface area contributed by atoms with Gasteiger partial charge in [0.25, 0.3) is 5.89 Å². The number of hydrogen-bond acceptors (Lipinski definition) is 40. The van der Waals surface area contributed by atoms with Crippen LogP contribution in [0.1, 0.15) is 122 Å². The summed E-state index contributed by atoms with van der Waals surface area (Å²) >= 11 is 0. The van der Waals surface area contributed by atoms with Crippen LogP contribution in [0, 0.1) is 6.92 Å². The van der Waals surface area contributed by atoms with Gasteiger partial charge >= 0.3 is 6.01 Å². The van der Waals surface area contributed by atoms with Crippen LogP contribution in [0.5, 0.6) is 40.6 Å². The number of benzene rings is 4. The van der Waals surface area contributed by atoms with Crippen molar-refractivity contribution in [1.82, 2.24) is 95.2 Å². The van der Waals surface area contributed by atoms with Crippen LogP contribution in [-0.2, 0) is 18.9 Å². The van der Waals surface area contributed by atoms with Crippen molar-refractivity contribution in [3.63, 3.8) is 0 Å². The molecule has 4 aliphatic carbocycles. The molecule has 139 heavy (non-hydrogen) atoms. The molecule has 0 bridgehead atoms. The second kappa shape index (κ2) is 45.8. The third-order valence-electron chi connectivity index (χ3n) is 25.7. The molecule has 40 heteroatoms. The lowest BCUT2D eigenvalue weighted by Crippen LogP contribution is -2.36. The molecule has 40 nitrogen and oxygen atoms in total. The number of pyridine rings is 1. The molecule has 14 aromatic rings. The fourth-order valence-electron chi connectivity index (χ4n) is 18.5. The lowest BCUT2D eigenvalue weighted by Gasteiger charge is -2.31. The van der Waals surface area contributed by atoms with Crippen molar-refractivity contribution in [2.45, 2.75) is 178 Å². The van der Waals surface area contributed by atoms with Crippen molar-refractivity contribution < 1.29 is 60.9 Å². The molecule has 0 amide bonds. The summed E-state index contributed by atoms with van der Waals surface area (Å²) in [6.45, 7) is 18.5.